The standard InChI is InChI=1S/C13H25NO/c1-4-7-9-11(6-3)10-13(15)12(14)8-5-2/h5,11-12H,2,4,6-10,14H2,1,3H3. The Bertz CT molecular complexity index is 189. The van der Waals surface area contributed by atoms with Gasteiger partial charge in [-0.15, -0.1) is 6.58 Å². The first kappa shape index (κ1) is 14.4. The molecule has 0 spiro atoms. The fraction of sp³-hybridized carbons (Fsp3) is 0.769. The van der Waals surface area contributed by atoms with E-state index >= 15 is 0 Å². The third kappa shape index (κ3) is 6.45. The molecular weight excluding hydrogens is 186 g/mol. The van der Waals surface area contributed by atoms with Gasteiger partial charge in [0.1, 0.15) is 5.78 Å². The molecule has 0 radical (unpaired) electrons. The summed E-state index contributed by atoms with van der Waals surface area (Å²) in [5.41, 5.74) is 5.74. The lowest BCUT2D eigenvalue weighted by atomic mass is 9.91. The van der Waals surface area contributed by atoms with E-state index in [9.17, 15) is 4.79 Å². The summed E-state index contributed by atoms with van der Waals surface area (Å²) in [4.78, 5) is 11.7. The van der Waals surface area contributed by atoms with Gasteiger partial charge in [0, 0.05) is 6.42 Å². The van der Waals surface area contributed by atoms with Gasteiger partial charge in [-0.25, -0.2) is 0 Å². The number of ketones is 1. The maximum absolute atomic E-state index is 11.7. The summed E-state index contributed by atoms with van der Waals surface area (Å²) in [5, 5.41) is 0. The molecule has 0 amide bonds. The summed E-state index contributed by atoms with van der Waals surface area (Å²) in [6.07, 6.45) is 7.60. The Kier molecular flexibility index (Phi) is 8.30. The topological polar surface area (TPSA) is 43.1 Å². The van der Waals surface area contributed by atoms with Crippen molar-refractivity contribution in [1.29, 1.82) is 0 Å². The summed E-state index contributed by atoms with van der Waals surface area (Å²) >= 11 is 0. The summed E-state index contributed by atoms with van der Waals surface area (Å²) in [6, 6.07) is -0.335. The monoisotopic (exact) mass is 211 g/mol. The van der Waals surface area contributed by atoms with E-state index in [1.165, 1.54) is 12.8 Å². The molecule has 0 saturated carbocycles. The van der Waals surface area contributed by atoms with Crippen molar-refractivity contribution < 1.29 is 4.79 Å². The van der Waals surface area contributed by atoms with Crippen molar-refractivity contribution in [1.82, 2.24) is 0 Å². The van der Waals surface area contributed by atoms with Crippen LogP contribution in [0.3, 0.4) is 0 Å². The van der Waals surface area contributed by atoms with Crippen molar-refractivity contribution in [3.8, 4) is 0 Å². The van der Waals surface area contributed by atoms with Gasteiger partial charge in [-0.2, -0.15) is 0 Å². The van der Waals surface area contributed by atoms with Crippen LogP contribution in [0.4, 0.5) is 0 Å². The predicted octanol–water partition coefficient (Wildman–Crippen LogP) is 3.07. The molecule has 0 aromatic carbocycles. The lowest BCUT2D eigenvalue weighted by molar-refractivity contribution is -0.121. The fourth-order valence-electron chi connectivity index (χ4n) is 1.69. The predicted molar refractivity (Wildman–Crippen MR) is 65.7 cm³/mol. The van der Waals surface area contributed by atoms with E-state index in [2.05, 4.69) is 20.4 Å². The van der Waals surface area contributed by atoms with Crippen LogP contribution >= 0.6 is 0 Å². The zero-order chi connectivity index (χ0) is 11.7. The SMILES string of the molecule is C=CCC(N)C(=O)CC(CC)CCCC. The summed E-state index contributed by atoms with van der Waals surface area (Å²) in [6.45, 7) is 7.92. The smallest absolute Gasteiger partial charge is 0.150 e. The molecule has 0 aliphatic heterocycles. The van der Waals surface area contributed by atoms with Crippen LogP contribution in [0.1, 0.15) is 52.4 Å². The number of hydrogen-bond acceptors (Lipinski definition) is 2. The Morgan fingerprint density at radius 1 is 1.47 bits per heavy atom. The minimum atomic E-state index is -0.335. The van der Waals surface area contributed by atoms with E-state index in [4.69, 9.17) is 5.73 Å². The van der Waals surface area contributed by atoms with E-state index in [0.29, 0.717) is 18.8 Å². The molecule has 0 aliphatic rings. The summed E-state index contributed by atoms with van der Waals surface area (Å²) in [7, 11) is 0. The Balaban J connectivity index is 3.93. The highest BCUT2D eigenvalue weighted by Crippen LogP contribution is 2.17. The zero-order valence-electron chi connectivity index (χ0n) is 10.2. The highest BCUT2D eigenvalue weighted by atomic mass is 16.1. The Morgan fingerprint density at radius 3 is 2.60 bits per heavy atom. The van der Waals surface area contributed by atoms with Crippen molar-refractivity contribution in [2.24, 2.45) is 11.7 Å². The van der Waals surface area contributed by atoms with E-state index in [1.54, 1.807) is 6.08 Å². The number of unbranched alkanes of at least 4 members (excludes halogenated alkanes) is 1. The molecule has 2 atom stereocenters. The molecule has 2 unspecified atom stereocenters. The molecule has 2 nitrogen and oxygen atoms in total. The number of rotatable bonds is 9. The Labute approximate surface area is 93.9 Å². The number of hydrogen-bond donors (Lipinski definition) is 1. The van der Waals surface area contributed by atoms with E-state index in [1.807, 2.05) is 0 Å². The molecular formula is C13H25NO. The van der Waals surface area contributed by atoms with Gasteiger partial charge in [-0.05, 0) is 12.3 Å². The van der Waals surface area contributed by atoms with Gasteiger partial charge >= 0.3 is 0 Å². The van der Waals surface area contributed by atoms with Gasteiger partial charge in [0.05, 0.1) is 6.04 Å². The lowest BCUT2D eigenvalue weighted by Gasteiger charge is -2.15. The molecule has 0 aromatic rings. The van der Waals surface area contributed by atoms with Crippen LogP contribution in [0.5, 0.6) is 0 Å². The van der Waals surface area contributed by atoms with Crippen LogP contribution in [0, 0.1) is 5.92 Å². The normalized spacial score (nSPS) is 14.6. The van der Waals surface area contributed by atoms with Gasteiger partial charge < -0.3 is 5.73 Å². The van der Waals surface area contributed by atoms with Gasteiger partial charge in [0.25, 0.3) is 0 Å². The molecule has 2 heteroatoms. The van der Waals surface area contributed by atoms with Crippen LogP contribution in [-0.4, -0.2) is 11.8 Å². The van der Waals surface area contributed by atoms with Gasteiger partial charge in [0.15, 0.2) is 0 Å². The molecule has 0 aromatic heterocycles. The quantitative estimate of drug-likeness (QED) is 0.596. The number of Topliss-reactive ketones (excluding diaryl/α,β-unsaturated/α-hetero) is 1. The van der Waals surface area contributed by atoms with Crippen LogP contribution in [0.15, 0.2) is 12.7 Å². The van der Waals surface area contributed by atoms with E-state index in [0.717, 1.165) is 12.8 Å². The van der Waals surface area contributed by atoms with Gasteiger partial charge in [-0.3, -0.25) is 4.79 Å². The molecule has 0 saturated heterocycles. The number of carbonyl (C=O) groups excluding carboxylic acids is 1. The Morgan fingerprint density at radius 2 is 2.13 bits per heavy atom. The van der Waals surface area contributed by atoms with Crippen molar-refractivity contribution in [2.45, 2.75) is 58.4 Å². The molecule has 0 rings (SSSR count). The average Bonchev–Trinajstić information content (AvgIpc) is 2.24. The molecule has 88 valence electrons. The van der Waals surface area contributed by atoms with Crippen molar-refractivity contribution >= 4 is 5.78 Å². The zero-order valence-corrected chi connectivity index (χ0v) is 10.2. The highest BCUT2D eigenvalue weighted by molar-refractivity contribution is 5.84. The second kappa shape index (κ2) is 8.66. The average molecular weight is 211 g/mol. The van der Waals surface area contributed by atoms with Crippen LogP contribution in [0.25, 0.3) is 0 Å². The van der Waals surface area contributed by atoms with Crippen molar-refractivity contribution in [2.75, 3.05) is 0 Å². The first-order chi connectivity index (χ1) is 7.15. The van der Waals surface area contributed by atoms with Gasteiger partial charge in [-0.1, -0.05) is 45.6 Å². The van der Waals surface area contributed by atoms with Crippen molar-refractivity contribution in [3.05, 3.63) is 12.7 Å². The minimum Gasteiger partial charge on any atom is -0.321 e. The lowest BCUT2D eigenvalue weighted by Crippen LogP contribution is -2.31. The highest BCUT2D eigenvalue weighted by Gasteiger charge is 2.16. The second-order valence-corrected chi connectivity index (χ2v) is 4.22. The summed E-state index contributed by atoms with van der Waals surface area (Å²) < 4.78 is 0. The number of carbonyl (C=O) groups is 1. The maximum atomic E-state index is 11.7. The first-order valence-electron chi connectivity index (χ1n) is 6.04. The summed E-state index contributed by atoms with van der Waals surface area (Å²) in [5.74, 6) is 0.714. The third-order valence-electron chi connectivity index (χ3n) is 2.87. The van der Waals surface area contributed by atoms with Gasteiger partial charge in [0.2, 0.25) is 0 Å². The molecule has 15 heavy (non-hydrogen) atoms. The Hall–Kier alpha value is -0.630. The molecule has 0 fully saturated rings. The molecule has 0 bridgehead atoms. The van der Waals surface area contributed by atoms with E-state index in [-0.39, 0.29) is 11.8 Å². The van der Waals surface area contributed by atoms with Crippen molar-refractivity contribution in [3.63, 3.8) is 0 Å². The molecule has 2 N–H and O–H groups in total. The minimum absolute atomic E-state index is 0.192. The molecule has 0 aliphatic carbocycles. The van der Waals surface area contributed by atoms with Crippen LogP contribution in [0.2, 0.25) is 0 Å². The fourth-order valence-corrected chi connectivity index (χ4v) is 1.69. The van der Waals surface area contributed by atoms with Crippen LogP contribution in [-0.2, 0) is 4.79 Å². The maximum Gasteiger partial charge on any atom is 0.150 e. The number of nitrogens with two attached hydrogens (primary N) is 1. The largest absolute Gasteiger partial charge is 0.321 e. The second-order valence-electron chi connectivity index (χ2n) is 4.22. The van der Waals surface area contributed by atoms with Crippen LogP contribution < -0.4 is 5.73 Å². The van der Waals surface area contributed by atoms with E-state index < -0.39 is 0 Å². The third-order valence-corrected chi connectivity index (χ3v) is 2.87. The first-order valence-corrected chi connectivity index (χ1v) is 6.04. The molecule has 0 heterocycles.